The summed E-state index contributed by atoms with van der Waals surface area (Å²) in [5.74, 6) is -0.746. The Morgan fingerprint density at radius 3 is 2.79 bits per heavy atom. The van der Waals surface area contributed by atoms with E-state index in [4.69, 9.17) is 10.5 Å². The van der Waals surface area contributed by atoms with Gasteiger partial charge in [0.1, 0.15) is 6.54 Å². The van der Waals surface area contributed by atoms with Gasteiger partial charge in [0.15, 0.2) is 0 Å². The van der Waals surface area contributed by atoms with Crippen LogP contribution in [-0.4, -0.2) is 45.2 Å². The molecule has 1 aromatic carbocycles. The summed E-state index contributed by atoms with van der Waals surface area (Å²) < 4.78 is 33.2. The minimum Gasteiger partial charge on any atom is -0.465 e. The Morgan fingerprint density at radius 2 is 2.14 bits per heavy atom. The second-order valence-electron chi connectivity index (χ2n) is 6.47. The molecule has 1 atom stereocenters. The van der Waals surface area contributed by atoms with Crippen LogP contribution in [0.25, 0.3) is 0 Å². The quantitative estimate of drug-likeness (QED) is 0.566. The first kappa shape index (κ1) is 22.6. The molecule has 0 bridgehead atoms. The standard InChI is InChI=1S/C19H26N4O5S/c1-3-28-19(25)12-21-17-8-5-9-18(16(17)11-20)23-29(26,27)15-7-4-6-14(10-15)22-13(2)24/h4,6-7,10-11,18,23H,3,5,8-9,12,20H2,1-2H3,(H,22,24). The molecule has 1 aliphatic carbocycles. The van der Waals surface area contributed by atoms with Gasteiger partial charge in [0.2, 0.25) is 15.9 Å². The van der Waals surface area contributed by atoms with E-state index >= 15 is 0 Å². The summed E-state index contributed by atoms with van der Waals surface area (Å²) in [6.07, 6.45) is 3.16. The van der Waals surface area contributed by atoms with Crippen molar-refractivity contribution in [3.05, 3.63) is 36.0 Å². The Hall–Kier alpha value is -2.72. The molecular weight excluding hydrogens is 396 g/mol. The molecule has 9 nitrogen and oxygen atoms in total. The maximum Gasteiger partial charge on any atom is 0.327 e. The Bertz CT molecular complexity index is 924. The summed E-state index contributed by atoms with van der Waals surface area (Å²) in [5, 5.41) is 2.56. The number of carbonyl (C=O) groups is 2. The normalized spacial score (nSPS) is 19.9. The molecule has 1 amide bonds. The lowest BCUT2D eigenvalue weighted by atomic mass is 9.89. The van der Waals surface area contributed by atoms with Gasteiger partial charge in [-0.2, -0.15) is 0 Å². The third kappa shape index (κ3) is 6.40. The van der Waals surface area contributed by atoms with Gasteiger partial charge in [-0.05, 0) is 44.4 Å². The lowest BCUT2D eigenvalue weighted by Gasteiger charge is -2.27. The first-order valence-corrected chi connectivity index (χ1v) is 10.8. The topological polar surface area (TPSA) is 140 Å². The molecule has 29 heavy (non-hydrogen) atoms. The zero-order chi connectivity index (χ0) is 21.4. The highest BCUT2D eigenvalue weighted by atomic mass is 32.2. The Kier molecular flexibility index (Phi) is 7.91. The number of nitrogens with one attached hydrogen (secondary N) is 2. The van der Waals surface area contributed by atoms with E-state index in [1.807, 2.05) is 0 Å². The lowest BCUT2D eigenvalue weighted by molar-refractivity contribution is -0.141. The summed E-state index contributed by atoms with van der Waals surface area (Å²) in [4.78, 5) is 27.1. The van der Waals surface area contributed by atoms with Gasteiger partial charge in [0.25, 0.3) is 0 Å². The van der Waals surface area contributed by atoms with Gasteiger partial charge in [-0.25, -0.2) is 13.1 Å². The molecule has 10 heteroatoms. The van der Waals surface area contributed by atoms with E-state index in [-0.39, 0.29) is 24.0 Å². The summed E-state index contributed by atoms with van der Waals surface area (Å²) in [7, 11) is -3.87. The van der Waals surface area contributed by atoms with Crippen molar-refractivity contribution in [2.24, 2.45) is 10.7 Å². The van der Waals surface area contributed by atoms with Crippen LogP contribution in [-0.2, 0) is 24.3 Å². The molecule has 0 saturated heterocycles. The molecule has 2 rings (SSSR count). The van der Waals surface area contributed by atoms with Crippen molar-refractivity contribution in [2.45, 2.75) is 44.0 Å². The van der Waals surface area contributed by atoms with Crippen LogP contribution in [0.15, 0.2) is 45.9 Å². The molecular formula is C19H26N4O5S. The second kappa shape index (κ2) is 10.2. The molecule has 0 aromatic heterocycles. The highest BCUT2D eigenvalue weighted by Gasteiger charge is 2.28. The Labute approximate surface area is 170 Å². The average Bonchev–Trinajstić information content (AvgIpc) is 2.66. The van der Waals surface area contributed by atoms with Crippen LogP contribution in [0.1, 0.15) is 33.1 Å². The number of esters is 1. The smallest absolute Gasteiger partial charge is 0.327 e. The van der Waals surface area contributed by atoms with Gasteiger partial charge in [-0.3, -0.25) is 14.6 Å². The summed E-state index contributed by atoms with van der Waals surface area (Å²) in [6.45, 7) is 3.18. The van der Waals surface area contributed by atoms with Gasteiger partial charge >= 0.3 is 5.97 Å². The van der Waals surface area contributed by atoms with E-state index in [0.717, 1.165) is 0 Å². The maximum absolute atomic E-state index is 12.9. The van der Waals surface area contributed by atoms with Crippen LogP contribution in [0, 0.1) is 0 Å². The van der Waals surface area contributed by atoms with Crippen LogP contribution in [0.4, 0.5) is 5.69 Å². The lowest BCUT2D eigenvalue weighted by Crippen LogP contribution is -2.41. The Morgan fingerprint density at radius 1 is 1.38 bits per heavy atom. The zero-order valence-corrected chi connectivity index (χ0v) is 17.3. The van der Waals surface area contributed by atoms with Gasteiger partial charge in [-0.15, -0.1) is 0 Å². The van der Waals surface area contributed by atoms with Crippen molar-refractivity contribution in [1.82, 2.24) is 4.72 Å². The summed E-state index contributed by atoms with van der Waals surface area (Å²) >= 11 is 0. The minimum atomic E-state index is -3.87. The van der Waals surface area contributed by atoms with E-state index < -0.39 is 22.0 Å². The predicted octanol–water partition coefficient (Wildman–Crippen LogP) is 1.32. The number of carbonyl (C=O) groups excluding carboxylic acids is 2. The molecule has 4 N–H and O–H groups in total. The highest BCUT2D eigenvalue weighted by molar-refractivity contribution is 7.89. The molecule has 1 fully saturated rings. The van der Waals surface area contributed by atoms with Crippen molar-refractivity contribution >= 4 is 33.3 Å². The molecule has 1 saturated carbocycles. The molecule has 1 aliphatic rings. The number of nitrogens with two attached hydrogens (primary N) is 1. The molecule has 0 radical (unpaired) electrons. The number of rotatable bonds is 7. The van der Waals surface area contributed by atoms with E-state index in [0.29, 0.717) is 36.2 Å². The number of benzene rings is 1. The van der Waals surface area contributed by atoms with Crippen molar-refractivity contribution in [2.75, 3.05) is 18.5 Å². The number of nitrogens with zero attached hydrogens (tertiary/aromatic N) is 1. The zero-order valence-electron chi connectivity index (χ0n) is 16.5. The number of sulfonamides is 1. The summed E-state index contributed by atoms with van der Waals surface area (Å²) in [5.41, 5.74) is 7.26. The predicted molar refractivity (Wildman–Crippen MR) is 110 cm³/mol. The fourth-order valence-corrected chi connectivity index (χ4v) is 4.34. The molecule has 1 unspecified atom stereocenters. The largest absolute Gasteiger partial charge is 0.465 e. The summed E-state index contributed by atoms with van der Waals surface area (Å²) in [6, 6.07) is 5.41. The van der Waals surface area contributed by atoms with Gasteiger partial charge in [-0.1, -0.05) is 6.07 Å². The van der Waals surface area contributed by atoms with Crippen LogP contribution < -0.4 is 15.8 Å². The van der Waals surface area contributed by atoms with Crippen molar-refractivity contribution in [3.63, 3.8) is 0 Å². The maximum atomic E-state index is 12.9. The first-order chi connectivity index (χ1) is 13.8. The number of hydrogen-bond donors (Lipinski definition) is 3. The fraction of sp³-hybridized carbons (Fsp3) is 0.421. The fourth-order valence-electron chi connectivity index (χ4n) is 3.05. The molecule has 0 spiro atoms. The molecule has 158 valence electrons. The number of ether oxygens (including phenoxy) is 1. The van der Waals surface area contributed by atoms with E-state index in [9.17, 15) is 18.0 Å². The molecule has 0 heterocycles. The number of aliphatic imine (C=N–C) groups is 1. The SMILES string of the molecule is CCOC(=O)CN=C1CCCC(NS(=O)(=O)c2cccc(NC(C)=O)c2)C1=CN. The first-order valence-electron chi connectivity index (χ1n) is 9.28. The van der Waals surface area contributed by atoms with Crippen molar-refractivity contribution in [3.8, 4) is 0 Å². The highest BCUT2D eigenvalue weighted by Crippen LogP contribution is 2.24. The van der Waals surface area contributed by atoms with Crippen LogP contribution in [0.5, 0.6) is 0 Å². The number of anilines is 1. The Balaban J connectivity index is 2.19. The monoisotopic (exact) mass is 422 g/mol. The number of hydrogen-bond acceptors (Lipinski definition) is 7. The van der Waals surface area contributed by atoms with Gasteiger partial charge in [0.05, 0.1) is 17.5 Å². The molecule has 0 aliphatic heterocycles. The van der Waals surface area contributed by atoms with E-state index in [1.165, 1.54) is 25.3 Å². The van der Waals surface area contributed by atoms with E-state index in [1.54, 1.807) is 19.1 Å². The second-order valence-corrected chi connectivity index (χ2v) is 8.18. The van der Waals surface area contributed by atoms with Crippen LogP contribution in [0.2, 0.25) is 0 Å². The van der Waals surface area contributed by atoms with Gasteiger partial charge in [0, 0.05) is 30.1 Å². The average molecular weight is 423 g/mol. The third-order valence-corrected chi connectivity index (χ3v) is 5.73. The van der Waals surface area contributed by atoms with Crippen LogP contribution >= 0.6 is 0 Å². The number of amides is 1. The molecule has 1 aromatic rings. The van der Waals surface area contributed by atoms with Gasteiger partial charge < -0.3 is 15.8 Å². The minimum absolute atomic E-state index is 0.0238. The third-order valence-electron chi connectivity index (χ3n) is 4.26. The van der Waals surface area contributed by atoms with Crippen molar-refractivity contribution < 1.29 is 22.7 Å². The van der Waals surface area contributed by atoms with Crippen LogP contribution in [0.3, 0.4) is 0 Å². The van der Waals surface area contributed by atoms with E-state index in [2.05, 4.69) is 15.0 Å². The van der Waals surface area contributed by atoms with Crippen molar-refractivity contribution in [1.29, 1.82) is 0 Å².